The second-order valence-electron chi connectivity index (χ2n) is 7.81. The fourth-order valence-corrected chi connectivity index (χ4v) is 3.97. The summed E-state index contributed by atoms with van der Waals surface area (Å²) >= 11 is 0. The van der Waals surface area contributed by atoms with E-state index in [9.17, 15) is 4.79 Å². The number of hydrogen-bond acceptors (Lipinski definition) is 3. The highest BCUT2D eigenvalue weighted by molar-refractivity contribution is 5.84. The number of ether oxygens (including phenoxy) is 1. The van der Waals surface area contributed by atoms with E-state index in [2.05, 4.69) is 37.9 Å². The maximum Gasteiger partial charge on any atom is 0.241 e. The van der Waals surface area contributed by atoms with Crippen LogP contribution < -0.4 is 5.32 Å². The van der Waals surface area contributed by atoms with Crippen LogP contribution in [0.3, 0.4) is 0 Å². The number of hydrogen-bond donors (Lipinski definition) is 1. The molecule has 0 aromatic carbocycles. The van der Waals surface area contributed by atoms with E-state index in [4.69, 9.17) is 4.74 Å². The lowest BCUT2D eigenvalue weighted by Gasteiger charge is -2.35. The summed E-state index contributed by atoms with van der Waals surface area (Å²) < 4.78 is 5.97. The Morgan fingerprint density at radius 2 is 1.95 bits per heavy atom. The summed E-state index contributed by atoms with van der Waals surface area (Å²) in [6.07, 6.45) is 4.95. The normalized spacial score (nSPS) is 37.2. The number of amides is 1. The number of carbonyl (C=O) groups excluding carboxylic acids is 1. The summed E-state index contributed by atoms with van der Waals surface area (Å²) in [6.45, 7) is 9.60. The van der Waals surface area contributed by atoms with Gasteiger partial charge in [0.05, 0.1) is 24.4 Å². The molecule has 4 unspecified atom stereocenters. The van der Waals surface area contributed by atoms with Crippen LogP contribution in [-0.4, -0.2) is 41.8 Å². The Morgan fingerprint density at radius 1 is 1.24 bits per heavy atom. The molecule has 4 heteroatoms. The third kappa shape index (κ3) is 2.98. The van der Waals surface area contributed by atoms with Gasteiger partial charge in [-0.25, -0.2) is 0 Å². The van der Waals surface area contributed by atoms with Gasteiger partial charge in [-0.05, 0) is 43.4 Å². The molecule has 0 spiro atoms. The maximum absolute atomic E-state index is 12.9. The molecular weight excluding hydrogens is 264 g/mol. The predicted molar refractivity (Wildman–Crippen MR) is 82.7 cm³/mol. The van der Waals surface area contributed by atoms with E-state index < -0.39 is 0 Å². The highest BCUT2D eigenvalue weighted by Crippen LogP contribution is 2.42. The molecule has 1 saturated carbocycles. The molecule has 1 amide bonds. The first-order valence-corrected chi connectivity index (χ1v) is 8.69. The Bertz CT molecular complexity index is 392. The molecule has 4 nitrogen and oxygen atoms in total. The third-order valence-corrected chi connectivity index (χ3v) is 5.11. The number of rotatable bonds is 5. The van der Waals surface area contributed by atoms with Gasteiger partial charge in [0.2, 0.25) is 5.91 Å². The second-order valence-corrected chi connectivity index (χ2v) is 7.81. The van der Waals surface area contributed by atoms with Gasteiger partial charge < -0.3 is 9.64 Å². The van der Waals surface area contributed by atoms with Crippen molar-refractivity contribution in [2.24, 2.45) is 17.8 Å². The van der Waals surface area contributed by atoms with Gasteiger partial charge in [0.25, 0.3) is 0 Å². The number of nitrogens with one attached hydrogen (secondary N) is 1. The molecular formula is C17H30N2O2. The molecule has 0 aromatic heterocycles. The molecule has 1 N–H and O–H groups in total. The Morgan fingerprint density at radius 3 is 2.52 bits per heavy atom. The van der Waals surface area contributed by atoms with E-state index in [0.717, 1.165) is 19.4 Å². The highest BCUT2D eigenvalue weighted by Gasteiger charge is 2.50. The zero-order valence-corrected chi connectivity index (χ0v) is 13.8. The largest absolute Gasteiger partial charge is 0.376 e. The standard InChI is InChI=1S/C17H30N2O2/c1-10(2)9-13-17(20)19(16(18-13)11(3)4)14-7-8-21-15(14)12-5-6-12/h10-16,18H,5-9H2,1-4H3. The zero-order valence-electron chi connectivity index (χ0n) is 13.8. The van der Waals surface area contributed by atoms with Gasteiger partial charge in [0, 0.05) is 6.61 Å². The molecule has 0 radical (unpaired) electrons. The van der Waals surface area contributed by atoms with Crippen molar-refractivity contribution in [1.82, 2.24) is 10.2 Å². The lowest BCUT2D eigenvalue weighted by Crippen LogP contribution is -2.50. The summed E-state index contributed by atoms with van der Waals surface area (Å²) in [7, 11) is 0. The van der Waals surface area contributed by atoms with Crippen molar-refractivity contribution in [3.05, 3.63) is 0 Å². The summed E-state index contributed by atoms with van der Waals surface area (Å²) in [5.41, 5.74) is 0. The van der Waals surface area contributed by atoms with Gasteiger partial charge in [0.15, 0.2) is 0 Å². The van der Waals surface area contributed by atoms with Gasteiger partial charge in [-0.2, -0.15) is 0 Å². The lowest BCUT2D eigenvalue weighted by molar-refractivity contribution is -0.134. The van der Waals surface area contributed by atoms with E-state index in [1.165, 1.54) is 12.8 Å². The van der Waals surface area contributed by atoms with Crippen LogP contribution in [0.25, 0.3) is 0 Å². The molecule has 3 rings (SSSR count). The number of nitrogens with zero attached hydrogens (tertiary/aromatic N) is 1. The van der Waals surface area contributed by atoms with Crippen LogP contribution in [0.1, 0.15) is 53.4 Å². The minimum Gasteiger partial charge on any atom is -0.376 e. The third-order valence-electron chi connectivity index (χ3n) is 5.11. The maximum atomic E-state index is 12.9. The molecule has 1 aliphatic carbocycles. The van der Waals surface area contributed by atoms with Crippen LogP contribution in [0.5, 0.6) is 0 Å². The molecule has 0 bridgehead atoms. The van der Waals surface area contributed by atoms with Gasteiger partial charge >= 0.3 is 0 Å². The Balaban J connectivity index is 1.78. The average molecular weight is 294 g/mol. The van der Waals surface area contributed by atoms with Crippen LogP contribution in [0.15, 0.2) is 0 Å². The average Bonchev–Trinajstić information content (AvgIpc) is 3.05. The summed E-state index contributed by atoms with van der Waals surface area (Å²) in [6, 6.07) is 0.292. The summed E-state index contributed by atoms with van der Waals surface area (Å²) in [5.74, 6) is 1.98. The summed E-state index contributed by atoms with van der Waals surface area (Å²) in [5, 5.41) is 3.60. The van der Waals surface area contributed by atoms with Crippen LogP contribution in [0.2, 0.25) is 0 Å². The van der Waals surface area contributed by atoms with E-state index in [0.29, 0.717) is 29.7 Å². The number of carbonyl (C=O) groups is 1. The van der Waals surface area contributed by atoms with Crippen molar-refractivity contribution in [3.63, 3.8) is 0 Å². The second kappa shape index (κ2) is 5.88. The van der Waals surface area contributed by atoms with Gasteiger partial charge in [-0.1, -0.05) is 27.7 Å². The van der Waals surface area contributed by atoms with Gasteiger partial charge in [-0.15, -0.1) is 0 Å². The van der Waals surface area contributed by atoms with Gasteiger partial charge in [0.1, 0.15) is 0 Å². The van der Waals surface area contributed by atoms with E-state index >= 15 is 0 Å². The van der Waals surface area contributed by atoms with Gasteiger partial charge in [-0.3, -0.25) is 10.1 Å². The lowest BCUT2D eigenvalue weighted by atomic mass is 10.0. The quantitative estimate of drug-likeness (QED) is 0.846. The van der Waals surface area contributed by atoms with Crippen molar-refractivity contribution < 1.29 is 9.53 Å². The minimum atomic E-state index is -0.00199. The Labute approximate surface area is 128 Å². The first kappa shape index (κ1) is 15.3. The molecule has 3 fully saturated rings. The molecule has 4 atom stereocenters. The van der Waals surface area contributed by atoms with Crippen molar-refractivity contribution in [2.75, 3.05) is 6.61 Å². The van der Waals surface area contributed by atoms with E-state index in [1.807, 2.05) is 0 Å². The monoisotopic (exact) mass is 294 g/mol. The smallest absolute Gasteiger partial charge is 0.241 e. The SMILES string of the molecule is CC(C)CC1NC(C(C)C)N(C2CCOC2C2CC2)C1=O. The van der Waals surface area contributed by atoms with Crippen LogP contribution in [0.4, 0.5) is 0 Å². The fourth-order valence-electron chi connectivity index (χ4n) is 3.97. The minimum absolute atomic E-state index is 0.00199. The first-order valence-electron chi connectivity index (χ1n) is 8.69. The van der Waals surface area contributed by atoms with Crippen molar-refractivity contribution in [3.8, 4) is 0 Å². The molecule has 2 heterocycles. The predicted octanol–water partition coefficient (Wildman–Crippen LogP) is 2.38. The topological polar surface area (TPSA) is 41.6 Å². The molecule has 21 heavy (non-hydrogen) atoms. The van der Waals surface area contributed by atoms with E-state index in [1.54, 1.807) is 0 Å². The Kier molecular flexibility index (Phi) is 4.28. The van der Waals surface area contributed by atoms with Crippen molar-refractivity contribution in [2.45, 2.75) is 77.7 Å². The van der Waals surface area contributed by atoms with Crippen molar-refractivity contribution >= 4 is 5.91 Å². The van der Waals surface area contributed by atoms with Crippen LogP contribution in [0, 0.1) is 17.8 Å². The fraction of sp³-hybridized carbons (Fsp3) is 0.941. The van der Waals surface area contributed by atoms with Crippen molar-refractivity contribution in [1.29, 1.82) is 0 Å². The summed E-state index contributed by atoms with van der Waals surface area (Å²) in [4.78, 5) is 15.1. The zero-order chi connectivity index (χ0) is 15.1. The molecule has 3 aliphatic rings. The van der Waals surface area contributed by atoms with E-state index in [-0.39, 0.29) is 18.3 Å². The molecule has 2 aliphatic heterocycles. The first-order chi connectivity index (χ1) is 9.99. The Hall–Kier alpha value is -0.610. The molecule has 2 saturated heterocycles. The highest BCUT2D eigenvalue weighted by atomic mass is 16.5. The molecule has 0 aromatic rings. The molecule has 120 valence electrons. The van der Waals surface area contributed by atoms with Crippen LogP contribution >= 0.6 is 0 Å². The van der Waals surface area contributed by atoms with Crippen LogP contribution in [-0.2, 0) is 9.53 Å².